The zero-order chi connectivity index (χ0) is 15.0. The molecule has 21 heavy (non-hydrogen) atoms. The van der Waals surface area contributed by atoms with Crippen molar-refractivity contribution in [2.75, 3.05) is 27.2 Å². The van der Waals surface area contributed by atoms with Crippen molar-refractivity contribution in [1.82, 2.24) is 19.6 Å². The van der Waals surface area contributed by atoms with E-state index in [0.717, 1.165) is 31.9 Å². The van der Waals surface area contributed by atoms with Crippen LogP contribution in [0.25, 0.3) is 0 Å². The largest absolute Gasteiger partial charge is 0.305 e. The highest BCUT2D eigenvalue weighted by Gasteiger charge is 2.29. The van der Waals surface area contributed by atoms with E-state index in [1.54, 1.807) is 0 Å². The summed E-state index contributed by atoms with van der Waals surface area (Å²) in [6.45, 7) is 8.55. The van der Waals surface area contributed by atoms with E-state index >= 15 is 0 Å². The summed E-state index contributed by atoms with van der Waals surface area (Å²) in [5.41, 5.74) is 3.83. The number of thiophene rings is 1. The molecule has 0 saturated carbocycles. The maximum Gasteiger partial charge on any atom is 0.0776 e. The molecule has 4 nitrogen and oxygen atoms in total. The third-order valence-electron chi connectivity index (χ3n) is 3.91. The van der Waals surface area contributed by atoms with E-state index in [4.69, 9.17) is 0 Å². The second kappa shape index (κ2) is 5.91. The standard InChI is InChI=1S/C16H24N4S/c1-12-5-13(2)20(17-12)15-8-19(9-15)10-16-6-14(11-21-16)7-18(3)4/h5-6,11,15H,7-10H2,1-4H3. The van der Waals surface area contributed by atoms with Crippen molar-refractivity contribution < 1.29 is 0 Å². The fourth-order valence-corrected chi connectivity index (χ4v) is 3.94. The summed E-state index contributed by atoms with van der Waals surface area (Å²) in [5, 5.41) is 6.88. The number of rotatable bonds is 5. The van der Waals surface area contributed by atoms with Gasteiger partial charge in [-0.2, -0.15) is 5.10 Å². The molecule has 0 amide bonds. The molecule has 1 aliphatic rings. The Bertz CT molecular complexity index is 608. The molecule has 0 radical (unpaired) electrons. The Kier molecular flexibility index (Phi) is 4.15. The average molecular weight is 304 g/mol. The zero-order valence-corrected chi connectivity index (χ0v) is 14.2. The first kappa shape index (κ1) is 14.8. The number of aryl methyl sites for hydroxylation is 2. The Morgan fingerprint density at radius 2 is 2.05 bits per heavy atom. The van der Waals surface area contributed by atoms with E-state index in [1.807, 2.05) is 11.3 Å². The fraction of sp³-hybridized carbons (Fsp3) is 0.562. The fourth-order valence-electron chi connectivity index (χ4n) is 3.02. The van der Waals surface area contributed by atoms with Crippen LogP contribution < -0.4 is 0 Å². The molecule has 2 aromatic heterocycles. The van der Waals surface area contributed by atoms with Crippen molar-refractivity contribution in [2.45, 2.75) is 33.0 Å². The number of aromatic nitrogens is 2. The second-order valence-electron chi connectivity index (χ2n) is 6.38. The smallest absolute Gasteiger partial charge is 0.0776 e. The number of likely N-dealkylation sites (tertiary alicyclic amines) is 1. The molecule has 0 spiro atoms. The van der Waals surface area contributed by atoms with Crippen LogP contribution in [0, 0.1) is 13.8 Å². The molecule has 3 rings (SSSR count). The SMILES string of the molecule is Cc1cc(C)n(C2CN(Cc3cc(CN(C)C)cs3)C2)n1. The molecule has 0 aliphatic carbocycles. The van der Waals surface area contributed by atoms with Crippen LogP contribution in [0.3, 0.4) is 0 Å². The normalized spacial score (nSPS) is 16.6. The third kappa shape index (κ3) is 3.36. The molecule has 1 fully saturated rings. The first-order chi connectivity index (χ1) is 10.0. The zero-order valence-electron chi connectivity index (χ0n) is 13.3. The third-order valence-corrected chi connectivity index (χ3v) is 4.88. The van der Waals surface area contributed by atoms with E-state index in [-0.39, 0.29) is 0 Å². The predicted octanol–water partition coefficient (Wildman–Crippen LogP) is 2.68. The van der Waals surface area contributed by atoms with Crippen molar-refractivity contribution >= 4 is 11.3 Å². The molecule has 0 unspecified atom stereocenters. The first-order valence-corrected chi connectivity index (χ1v) is 8.35. The first-order valence-electron chi connectivity index (χ1n) is 7.47. The minimum Gasteiger partial charge on any atom is -0.305 e. The number of hydrogen-bond acceptors (Lipinski definition) is 4. The van der Waals surface area contributed by atoms with Gasteiger partial charge in [0.1, 0.15) is 0 Å². The molecule has 3 heterocycles. The van der Waals surface area contributed by atoms with Crippen molar-refractivity contribution in [3.8, 4) is 0 Å². The molecule has 0 bridgehead atoms. The van der Waals surface area contributed by atoms with Crippen LogP contribution in [0.5, 0.6) is 0 Å². The quantitative estimate of drug-likeness (QED) is 0.849. The Balaban J connectivity index is 1.53. The average Bonchev–Trinajstić information content (AvgIpc) is 2.89. The van der Waals surface area contributed by atoms with Crippen molar-refractivity contribution in [1.29, 1.82) is 0 Å². The van der Waals surface area contributed by atoms with Crippen LogP contribution in [-0.2, 0) is 13.1 Å². The topological polar surface area (TPSA) is 24.3 Å². The van der Waals surface area contributed by atoms with Gasteiger partial charge in [0, 0.05) is 36.8 Å². The van der Waals surface area contributed by atoms with Crippen molar-refractivity contribution in [2.24, 2.45) is 0 Å². The highest BCUT2D eigenvalue weighted by atomic mass is 32.1. The lowest BCUT2D eigenvalue weighted by Gasteiger charge is -2.39. The lowest BCUT2D eigenvalue weighted by Crippen LogP contribution is -2.47. The summed E-state index contributed by atoms with van der Waals surface area (Å²) in [7, 11) is 4.23. The molecule has 5 heteroatoms. The maximum atomic E-state index is 4.60. The lowest BCUT2D eigenvalue weighted by molar-refractivity contribution is 0.0904. The van der Waals surface area contributed by atoms with Gasteiger partial charge in [-0.3, -0.25) is 9.58 Å². The molecule has 0 atom stereocenters. The van der Waals surface area contributed by atoms with Gasteiger partial charge in [-0.1, -0.05) is 0 Å². The summed E-state index contributed by atoms with van der Waals surface area (Å²) in [5.74, 6) is 0. The minimum atomic E-state index is 0.555. The maximum absolute atomic E-state index is 4.60. The Labute approximate surface area is 131 Å². The van der Waals surface area contributed by atoms with Gasteiger partial charge < -0.3 is 4.90 Å². The monoisotopic (exact) mass is 304 g/mol. The minimum absolute atomic E-state index is 0.555. The van der Waals surface area contributed by atoms with Crippen LogP contribution >= 0.6 is 11.3 Å². The molecule has 2 aromatic rings. The van der Waals surface area contributed by atoms with Gasteiger partial charge in [-0.25, -0.2) is 0 Å². The Morgan fingerprint density at radius 1 is 1.29 bits per heavy atom. The number of hydrogen-bond donors (Lipinski definition) is 0. The molecular weight excluding hydrogens is 280 g/mol. The van der Waals surface area contributed by atoms with Crippen LogP contribution in [0.1, 0.15) is 27.9 Å². The molecule has 0 aromatic carbocycles. The second-order valence-corrected chi connectivity index (χ2v) is 7.37. The summed E-state index contributed by atoms with van der Waals surface area (Å²) >= 11 is 1.88. The Hall–Kier alpha value is -1.17. The summed E-state index contributed by atoms with van der Waals surface area (Å²) in [4.78, 5) is 6.19. The van der Waals surface area contributed by atoms with Crippen LogP contribution in [0.4, 0.5) is 0 Å². The van der Waals surface area contributed by atoms with Crippen LogP contribution in [-0.4, -0.2) is 46.8 Å². The van der Waals surface area contributed by atoms with Gasteiger partial charge >= 0.3 is 0 Å². The molecular formula is C16H24N4S. The highest BCUT2D eigenvalue weighted by Crippen LogP contribution is 2.26. The van der Waals surface area contributed by atoms with Crippen LogP contribution in [0.15, 0.2) is 17.5 Å². The Morgan fingerprint density at radius 3 is 2.67 bits per heavy atom. The van der Waals surface area contributed by atoms with E-state index in [1.165, 1.54) is 16.1 Å². The molecule has 1 saturated heterocycles. The van der Waals surface area contributed by atoms with E-state index in [2.05, 4.69) is 65.0 Å². The number of nitrogens with zero attached hydrogens (tertiary/aromatic N) is 4. The molecule has 114 valence electrons. The molecule has 0 N–H and O–H groups in total. The summed E-state index contributed by atoms with van der Waals surface area (Å²) < 4.78 is 2.19. The summed E-state index contributed by atoms with van der Waals surface area (Å²) in [6.07, 6.45) is 0. The van der Waals surface area contributed by atoms with Gasteiger partial charge in [0.05, 0.1) is 11.7 Å². The lowest BCUT2D eigenvalue weighted by atomic mass is 10.1. The summed E-state index contributed by atoms with van der Waals surface area (Å²) in [6, 6.07) is 5.07. The predicted molar refractivity (Wildman–Crippen MR) is 87.7 cm³/mol. The van der Waals surface area contributed by atoms with E-state index < -0.39 is 0 Å². The van der Waals surface area contributed by atoms with Gasteiger partial charge in [0.25, 0.3) is 0 Å². The molecule has 1 aliphatic heterocycles. The van der Waals surface area contributed by atoms with Crippen LogP contribution in [0.2, 0.25) is 0 Å². The van der Waals surface area contributed by atoms with Gasteiger partial charge in [-0.05, 0) is 51.0 Å². The van der Waals surface area contributed by atoms with Crippen molar-refractivity contribution in [3.63, 3.8) is 0 Å². The van der Waals surface area contributed by atoms with Crippen molar-refractivity contribution in [3.05, 3.63) is 39.3 Å². The van der Waals surface area contributed by atoms with Gasteiger partial charge in [0.15, 0.2) is 0 Å². The van der Waals surface area contributed by atoms with Gasteiger partial charge in [-0.15, -0.1) is 11.3 Å². The van der Waals surface area contributed by atoms with E-state index in [9.17, 15) is 0 Å². The highest BCUT2D eigenvalue weighted by molar-refractivity contribution is 7.10. The van der Waals surface area contributed by atoms with E-state index in [0.29, 0.717) is 6.04 Å². The van der Waals surface area contributed by atoms with Gasteiger partial charge in [0.2, 0.25) is 0 Å².